The summed E-state index contributed by atoms with van der Waals surface area (Å²) in [5, 5.41) is 6.40. The minimum absolute atomic E-state index is 0.0447. The molecular formula is C13H20N4O. The Hall–Kier alpha value is -1.62. The second-order valence-corrected chi connectivity index (χ2v) is 4.76. The van der Waals surface area contributed by atoms with E-state index < -0.39 is 0 Å². The Labute approximate surface area is 107 Å². The highest BCUT2D eigenvalue weighted by Crippen LogP contribution is 2.08. The predicted octanol–water partition coefficient (Wildman–Crippen LogP) is 0.690. The highest BCUT2D eigenvalue weighted by molar-refractivity contribution is 5.91. The molecule has 1 saturated heterocycles. The van der Waals surface area contributed by atoms with Crippen LogP contribution in [0.3, 0.4) is 0 Å². The third-order valence-corrected chi connectivity index (χ3v) is 3.35. The number of aryl methyl sites for hydroxylation is 1. The first-order chi connectivity index (χ1) is 8.66. The van der Waals surface area contributed by atoms with E-state index in [1.54, 1.807) is 24.7 Å². The fourth-order valence-electron chi connectivity index (χ4n) is 2.16. The summed E-state index contributed by atoms with van der Waals surface area (Å²) in [7, 11) is 1.90. The summed E-state index contributed by atoms with van der Waals surface area (Å²) in [4.78, 5) is 15.8. The zero-order valence-electron chi connectivity index (χ0n) is 10.9. The first-order valence-corrected chi connectivity index (χ1v) is 6.35. The molecule has 1 aliphatic heterocycles. The lowest BCUT2D eigenvalue weighted by molar-refractivity contribution is -0.117. The van der Waals surface area contributed by atoms with Gasteiger partial charge in [-0.3, -0.25) is 4.79 Å². The number of imidazole rings is 1. The summed E-state index contributed by atoms with van der Waals surface area (Å²) < 4.78 is 1.87. The average Bonchev–Trinajstić information content (AvgIpc) is 2.75. The van der Waals surface area contributed by atoms with Crippen molar-refractivity contribution in [3.63, 3.8) is 0 Å². The lowest BCUT2D eigenvalue weighted by atomic mass is 10.00. The van der Waals surface area contributed by atoms with Gasteiger partial charge in [-0.1, -0.05) is 0 Å². The molecule has 2 rings (SSSR count). The molecule has 5 nitrogen and oxygen atoms in total. The number of amides is 1. The second kappa shape index (κ2) is 5.82. The fourth-order valence-corrected chi connectivity index (χ4v) is 2.16. The van der Waals surface area contributed by atoms with Crippen molar-refractivity contribution in [2.24, 2.45) is 7.05 Å². The van der Waals surface area contributed by atoms with Gasteiger partial charge in [0.25, 0.3) is 0 Å². The molecule has 2 unspecified atom stereocenters. The lowest BCUT2D eigenvalue weighted by Gasteiger charge is -2.30. The Balaban J connectivity index is 1.88. The Morgan fingerprint density at radius 1 is 1.67 bits per heavy atom. The Morgan fingerprint density at radius 2 is 2.50 bits per heavy atom. The fraction of sp³-hybridized carbons (Fsp3) is 0.538. The zero-order chi connectivity index (χ0) is 13.0. The van der Waals surface area contributed by atoms with Crippen molar-refractivity contribution in [3.8, 4) is 0 Å². The topological polar surface area (TPSA) is 58.9 Å². The van der Waals surface area contributed by atoms with E-state index in [-0.39, 0.29) is 11.9 Å². The predicted molar refractivity (Wildman–Crippen MR) is 70.9 cm³/mol. The molecule has 2 heterocycles. The molecule has 1 amide bonds. The molecule has 0 aliphatic carbocycles. The van der Waals surface area contributed by atoms with E-state index >= 15 is 0 Å². The first-order valence-electron chi connectivity index (χ1n) is 6.35. The average molecular weight is 248 g/mol. The van der Waals surface area contributed by atoms with Crippen LogP contribution < -0.4 is 10.6 Å². The van der Waals surface area contributed by atoms with Gasteiger partial charge in [-0.05, 0) is 32.4 Å². The maximum absolute atomic E-state index is 11.8. The van der Waals surface area contributed by atoms with Crippen molar-refractivity contribution in [3.05, 3.63) is 24.3 Å². The largest absolute Gasteiger partial charge is 0.348 e. The van der Waals surface area contributed by atoms with Crippen LogP contribution in [0, 0.1) is 0 Å². The number of carbonyl (C=O) groups excluding carboxylic acids is 1. The summed E-state index contributed by atoms with van der Waals surface area (Å²) >= 11 is 0. The number of carbonyl (C=O) groups is 1. The summed E-state index contributed by atoms with van der Waals surface area (Å²) in [5.41, 5.74) is 0.917. The molecule has 0 aromatic carbocycles. The lowest BCUT2D eigenvalue weighted by Crippen LogP contribution is -2.51. The Morgan fingerprint density at radius 3 is 3.17 bits per heavy atom. The van der Waals surface area contributed by atoms with E-state index in [1.807, 2.05) is 11.6 Å². The van der Waals surface area contributed by atoms with E-state index in [4.69, 9.17) is 0 Å². The zero-order valence-corrected chi connectivity index (χ0v) is 10.9. The van der Waals surface area contributed by atoms with Gasteiger partial charge in [-0.15, -0.1) is 0 Å². The molecule has 18 heavy (non-hydrogen) atoms. The van der Waals surface area contributed by atoms with Crippen LogP contribution in [-0.2, 0) is 11.8 Å². The van der Waals surface area contributed by atoms with E-state index in [1.165, 1.54) is 0 Å². The number of hydrogen-bond acceptors (Lipinski definition) is 3. The maximum atomic E-state index is 11.8. The van der Waals surface area contributed by atoms with Gasteiger partial charge in [-0.2, -0.15) is 0 Å². The van der Waals surface area contributed by atoms with Crippen LogP contribution in [0.2, 0.25) is 0 Å². The molecule has 0 bridgehead atoms. The number of piperidine rings is 1. The van der Waals surface area contributed by atoms with Gasteiger partial charge in [0.2, 0.25) is 5.91 Å². The number of hydrogen-bond donors (Lipinski definition) is 2. The third-order valence-electron chi connectivity index (χ3n) is 3.35. The van der Waals surface area contributed by atoms with Crippen molar-refractivity contribution in [2.45, 2.75) is 31.8 Å². The van der Waals surface area contributed by atoms with Crippen molar-refractivity contribution in [1.82, 2.24) is 20.2 Å². The van der Waals surface area contributed by atoms with Crippen molar-refractivity contribution in [1.29, 1.82) is 0 Å². The minimum atomic E-state index is -0.0447. The summed E-state index contributed by atoms with van der Waals surface area (Å²) in [5.74, 6) is -0.0447. The van der Waals surface area contributed by atoms with Crippen molar-refractivity contribution >= 4 is 12.0 Å². The molecule has 1 aromatic rings. The van der Waals surface area contributed by atoms with Crippen molar-refractivity contribution in [2.75, 3.05) is 6.54 Å². The summed E-state index contributed by atoms with van der Waals surface area (Å²) in [6, 6.07) is 0.565. The number of nitrogens with one attached hydrogen (secondary N) is 2. The summed E-state index contributed by atoms with van der Waals surface area (Å²) in [6.07, 6.45) is 8.95. The van der Waals surface area contributed by atoms with Gasteiger partial charge in [0, 0.05) is 25.2 Å². The van der Waals surface area contributed by atoms with Crippen molar-refractivity contribution < 1.29 is 4.79 Å². The van der Waals surface area contributed by atoms with Gasteiger partial charge >= 0.3 is 0 Å². The molecule has 2 atom stereocenters. The monoisotopic (exact) mass is 248 g/mol. The number of rotatable bonds is 3. The number of nitrogens with zero attached hydrogens (tertiary/aromatic N) is 2. The van der Waals surface area contributed by atoms with Gasteiger partial charge < -0.3 is 15.2 Å². The van der Waals surface area contributed by atoms with Crippen LogP contribution in [-0.4, -0.2) is 34.1 Å². The third kappa shape index (κ3) is 3.20. The Bertz CT molecular complexity index is 438. The van der Waals surface area contributed by atoms with Crippen LogP contribution in [0.15, 0.2) is 18.6 Å². The quantitative estimate of drug-likeness (QED) is 0.774. The number of aromatic nitrogens is 2. The molecule has 5 heteroatoms. The summed E-state index contributed by atoms with van der Waals surface area (Å²) in [6.45, 7) is 3.15. The van der Waals surface area contributed by atoms with E-state index in [0.29, 0.717) is 6.04 Å². The van der Waals surface area contributed by atoms with Gasteiger partial charge in [0.05, 0.1) is 18.2 Å². The maximum Gasteiger partial charge on any atom is 0.244 e. The van der Waals surface area contributed by atoms with Crippen LogP contribution in [0.5, 0.6) is 0 Å². The molecule has 1 aliphatic rings. The molecule has 98 valence electrons. The molecule has 0 radical (unpaired) electrons. The van der Waals surface area contributed by atoms with Crippen LogP contribution in [0.1, 0.15) is 25.5 Å². The molecular weight excluding hydrogens is 228 g/mol. The van der Waals surface area contributed by atoms with E-state index in [9.17, 15) is 4.79 Å². The molecule has 0 spiro atoms. The normalized spacial score (nSPS) is 24.3. The van der Waals surface area contributed by atoms with Gasteiger partial charge in [0.15, 0.2) is 0 Å². The standard InChI is InChI=1S/C13H20N4O/c1-10-12(4-3-7-15-10)16-13(18)6-5-11-8-14-9-17(11)2/h5-6,8-10,12,15H,3-4,7H2,1-2H3,(H,16,18)/b6-5+. The van der Waals surface area contributed by atoms with Crippen LogP contribution in [0.25, 0.3) is 6.08 Å². The molecule has 2 N–H and O–H groups in total. The van der Waals surface area contributed by atoms with E-state index in [2.05, 4.69) is 22.5 Å². The SMILES string of the molecule is CC1NCCCC1NC(=O)/C=C/c1cncn1C. The molecule has 1 aromatic heterocycles. The minimum Gasteiger partial charge on any atom is -0.348 e. The van der Waals surface area contributed by atoms with Gasteiger partial charge in [0.1, 0.15) is 0 Å². The molecule has 1 fully saturated rings. The first kappa shape index (κ1) is 12.8. The van der Waals surface area contributed by atoms with Crippen LogP contribution >= 0.6 is 0 Å². The molecule has 0 saturated carbocycles. The second-order valence-electron chi connectivity index (χ2n) is 4.76. The van der Waals surface area contributed by atoms with Crippen LogP contribution in [0.4, 0.5) is 0 Å². The van der Waals surface area contributed by atoms with Gasteiger partial charge in [-0.25, -0.2) is 4.98 Å². The highest BCUT2D eigenvalue weighted by Gasteiger charge is 2.21. The highest BCUT2D eigenvalue weighted by atomic mass is 16.1. The smallest absolute Gasteiger partial charge is 0.244 e. The van der Waals surface area contributed by atoms with E-state index in [0.717, 1.165) is 25.1 Å². The Kier molecular flexibility index (Phi) is 4.15.